The van der Waals surface area contributed by atoms with Gasteiger partial charge in [-0.1, -0.05) is 0 Å². The number of ether oxygens (including phenoxy) is 1. The van der Waals surface area contributed by atoms with Crippen LogP contribution in [0.1, 0.15) is 24.7 Å². The molecule has 1 aromatic carbocycles. The average molecular weight is 708 g/mol. The summed E-state index contributed by atoms with van der Waals surface area (Å²) in [6.45, 7) is 3.58. The SMILES string of the molecule is CNCCC1(C)Oc2c(cc3c(=O)cc(C)oc3c2[NH+]2C=C3N=CC=C3C2)CC1OOCC(O)C(O)(C[NH+]1CC=C2N=CC=C21)C(O)C(O)CO. The van der Waals surface area contributed by atoms with Crippen LogP contribution < -0.4 is 25.3 Å². The molecule has 15 heteroatoms. The summed E-state index contributed by atoms with van der Waals surface area (Å²) in [5, 5.41) is 57.5. The number of aryl methyl sites for hydroxylation is 1. The lowest BCUT2D eigenvalue weighted by Crippen LogP contribution is -3.11. The fourth-order valence-corrected chi connectivity index (χ4v) is 7.51. The summed E-state index contributed by atoms with van der Waals surface area (Å²) in [4.78, 5) is 35.3. The maximum absolute atomic E-state index is 13.3. The first-order chi connectivity index (χ1) is 24.5. The van der Waals surface area contributed by atoms with E-state index >= 15 is 0 Å². The van der Waals surface area contributed by atoms with Crippen LogP contribution in [0.5, 0.6) is 5.75 Å². The third kappa shape index (κ3) is 6.44. The van der Waals surface area contributed by atoms with Crippen molar-refractivity contribution in [3.05, 3.63) is 80.8 Å². The Hall–Kier alpha value is -3.87. The molecule has 5 aliphatic rings. The quantitative estimate of drug-likeness (QED) is 0.0772. The fourth-order valence-electron chi connectivity index (χ4n) is 7.51. The van der Waals surface area contributed by atoms with E-state index in [1.54, 1.807) is 31.5 Å². The summed E-state index contributed by atoms with van der Waals surface area (Å²) in [6.07, 6.45) is 5.61. The van der Waals surface area contributed by atoms with Gasteiger partial charge in [-0.05, 0) is 39.6 Å². The van der Waals surface area contributed by atoms with Crippen LogP contribution in [0.25, 0.3) is 11.0 Å². The van der Waals surface area contributed by atoms with E-state index in [-0.39, 0.29) is 18.4 Å². The van der Waals surface area contributed by atoms with Crippen LogP contribution in [0.4, 0.5) is 5.69 Å². The lowest BCUT2D eigenvalue weighted by molar-refractivity contribution is -0.856. The fraction of sp³-hybridized carbons (Fsp3) is 0.472. The molecule has 15 nitrogen and oxygen atoms in total. The van der Waals surface area contributed by atoms with Crippen LogP contribution in [0.2, 0.25) is 0 Å². The molecule has 8 atom stereocenters. The predicted molar refractivity (Wildman–Crippen MR) is 185 cm³/mol. The van der Waals surface area contributed by atoms with Gasteiger partial charge < -0.3 is 40.0 Å². The summed E-state index contributed by atoms with van der Waals surface area (Å²) in [5.41, 5.74) is 1.79. The summed E-state index contributed by atoms with van der Waals surface area (Å²) < 4.78 is 13.1. The van der Waals surface area contributed by atoms with Crippen molar-refractivity contribution >= 4 is 29.1 Å². The van der Waals surface area contributed by atoms with E-state index < -0.39 is 48.8 Å². The number of quaternary nitrogens is 2. The summed E-state index contributed by atoms with van der Waals surface area (Å²) in [6, 6.07) is 3.22. The van der Waals surface area contributed by atoms with Gasteiger partial charge in [-0.15, -0.1) is 0 Å². The lowest BCUT2D eigenvalue weighted by Gasteiger charge is -2.42. The molecule has 7 rings (SSSR count). The molecule has 8 unspecified atom stereocenters. The average Bonchev–Trinajstić information content (AvgIpc) is 3.90. The molecule has 272 valence electrons. The monoisotopic (exact) mass is 707 g/mol. The van der Waals surface area contributed by atoms with Gasteiger partial charge in [-0.25, -0.2) is 9.78 Å². The van der Waals surface area contributed by atoms with Gasteiger partial charge in [-0.3, -0.25) is 24.6 Å². The molecule has 0 bridgehead atoms. The summed E-state index contributed by atoms with van der Waals surface area (Å²) in [7, 11) is 1.83. The number of hydrogen-bond acceptors (Lipinski definition) is 13. The topological polar surface area (TPSA) is 205 Å². The molecule has 0 amide bonds. The highest BCUT2D eigenvalue weighted by Gasteiger charge is 2.52. The molecule has 51 heavy (non-hydrogen) atoms. The van der Waals surface area contributed by atoms with Gasteiger partial charge in [0.25, 0.3) is 0 Å². The van der Waals surface area contributed by atoms with Gasteiger partial charge in [0, 0.05) is 54.6 Å². The summed E-state index contributed by atoms with van der Waals surface area (Å²) in [5.74, 6) is 1.06. The van der Waals surface area contributed by atoms with Crippen molar-refractivity contribution in [2.75, 3.05) is 46.4 Å². The number of fused-ring (bicyclic) bond motifs is 4. The molecule has 5 aliphatic heterocycles. The zero-order valence-electron chi connectivity index (χ0n) is 28.8. The first-order valence-corrected chi connectivity index (χ1v) is 17.2. The predicted octanol–water partition coefficient (Wildman–Crippen LogP) is -2.34. The maximum atomic E-state index is 13.3. The first kappa shape index (κ1) is 35.5. The minimum Gasteiger partial charge on any atom is -0.478 e. The van der Waals surface area contributed by atoms with Crippen LogP contribution in [-0.2, 0) is 16.2 Å². The normalized spacial score (nSPS) is 27.6. The van der Waals surface area contributed by atoms with Crippen molar-refractivity contribution in [3.8, 4) is 5.75 Å². The number of nitrogens with zero attached hydrogens (tertiary/aromatic N) is 2. The van der Waals surface area contributed by atoms with Crippen molar-refractivity contribution in [2.24, 2.45) is 9.98 Å². The number of aliphatic hydroxyl groups is 5. The highest BCUT2D eigenvalue weighted by Crippen LogP contribution is 2.44. The van der Waals surface area contributed by atoms with E-state index in [1.165, 1.54) is 6.07 Å². The first-order valence-electron chi connectivity index (χ1n) is 17.2. The lowest BCUT2D eigenvalue weighted by atomic mass is 9.86. The zero-order chi connectivity index (χ0) is 36.1. The Morgan fingerprint density at radius 2 is 1.96 bits per heavy atom. The van der Waals surface area contributed by atoms with E-state index in [0.29, 0.717) is 64.7 Å². The number of nitrogens with one attached hydrogen (secondary N) is 3. The number of benzene rings is 1. The standard InChI is InChI=1S/C36H43N5O10/c1-20-12-27(43)23-13-22-14-30(35(2,7-10-37-3)50-32(22)31(33(23)49-20)41-15-21-4-8-39-25(21)16-41)51-48-18-29(45)36(47,34(46)28(44)17-42)19-40-11-6-24-26(40)5-9-38-24/h4-6,8-9,12-13,16,28-30,34,37,42,44-47H,7,10-11,14-15,17-19H2,1-3H3/p+2. The molecule has 8 N–H and O–H groups in total. The van der Waals surface area contributed by atoms with E-state index in [1.807, 2.05) is 32.3 Å². The van der Waals surface area contributed by atoms with Crippen LogP contribution in [-0.4, -0.2) is 120 Å². The van der Waals surface area contributed by atoms with Crippen molar-refractivity contribution in [2.45, 2.75) is 62.3 Å². The third-order valence-corrected chi connectivity index (χ3v) is 10.5. The van der Waals surface area contributed by atoms with Crippen molar-refractivity contribution in [3.63, 3.8) is 0 Å². The molecular formula is C36H45N5O10+2. The number of aliphatic imine (C=N–C) groups is 2. The highest BCUT2D eigenvalue weighted by molar-refractivity contribution is 5.90. The van der Waals surface area contributed by atoms with Crippen molar-refractivity contribution in [1.82, 2.24) is 5.32 Å². The molecule has 1 aromatic heterocycles. The van der Waals surface area contributed by atoms with Gasteiger partial charge in [-0.2, -0.15) is 0 Å². The Morgan fingerprint density at radius 3 is 2.73 bits per heavy atom. The van der Waals surface area contributed by atoms with Crippen LogP contribution in [0, 0.1) is 6.92 Å². The van der Waals surface area contributed by atoms with Gasteiger partial charge in [0.15, 0.2) is 22.5 Å². The Balaban J connectivity index is 1.16. The Labute approximate surface area is 293 Å². The van der Waals surface area contributed by atoms with E-state index in [0.717, 1.165) is 27.6 Å². The molecule has 6 heterocycles. The Morgan fingerprint density at radius 1 is 1.18 bits per heavy atom. The van der Waals surface area contributed by atoms with Gasteiger partial charge in [0.05, 0.1) is 12.0 Å². The molecule has 2 aromatic rings. The minimum absolute atomic E-state index is 0.188. The summed E-state index contributed by atoms with van der Waals surface area (Å²) >= 11 is 0. The number of allylic oxidation sites excluding steroid dienone is 2. The van der Waals surface area contributed by atoms with E-state index in [9.17, 15) is 30.3 Å². The maximum Gasteiger partial charge on any atom is 0.222 e. The number of rotatable bonds is 14. The minimum atomic E-state index is -2.32. The molecular weight excluding hydrogens is 662 g/mol. The molecule has 0 radical (unpaired) electrons. The number of hydrogen-bond donors (Lipinski definition) is 8. The molecule has 0 saturated carbocycles. The molecule has 0 aliphatic carbocycles. The van der Waals surface area contributed by atoms with Gasteiger partial charge >= 0.3 is 0 Å². The van der Waals surface area contributed by atoms with Crippen molar-refractivity contribution in [1.29, 1.82) is 0 Å². The number of aliphatic hydroxyl groups excluding tert-OH is 4. The van der Waals surface area contributed by atoms with Crippen LogP contribution >= 0.6 is 0 Å². The highest BCUT2D eigenvalue weighted by atomic mass is 17.2. The molecule has 0 saturated heterocycles. The smallest absolute Gasteiger partial charge is 0.222 e. The van der Waals surface area contributed by atoms with Gasteiger partial charge in [0.2, 0.25) is 11.3 Å². The van der Waals surface area contributed by atoms with E-state index in [2.05, 4.69) is 15.3 Å². The van der Waals surface area contributed by atoms with E-state index in [4.69, 9.17) is 18.9 Å². The Bertz CT molecular complexity index is 1950. The third-order valence-electron chi connectivity index (χ3n) is 10.5. The second-order valence-corrected chi connectivity index (χ2v) is 14.0. The zero-order valence-corrected chi connectivity index (χ0v) is 28.8. The second-order valence-electron chi connectivity index (χ2n) is 14.0. The Kier molecular flexibility index (Phi) is 9.70. The largest absolute Gasteiger partial charge is 0.478 e. The molecule has 0 fully saturated rings. The van der Waals surface area contributed by atoms with Gasteiger partial charge in [0.1, 0.15) is 79.6 Å². The second kappa shape index (κ2) is 13.9. The van der Waals surface area contributed by atoms with Crippen molar-refractivity contribution < 1.29 is 54.3 Å². The van der Waals surface area contributed by atoms with Crippen LogP contribution in [0.3, 0.4) is 0 Å². The molecule has 0 spiro atoms. The van der Waals surface area contributed by atoms with Crippen LogP contribution in [0.15, 0.2) is 78.4 Å².